The summed E-state index contributed by atoms with van der Waals surface area (Å²) in [5, 5.41) is 6.74. The highest BCUT2D eigenvalue weighted by Crippen LogP contribution is 2.34. The van der Waals surface area contributed by atoms with Gasteiger partial charge >= 0.3 is 0 Å². The minimum Gasteiger partial charge on any atom is -0.354 e. The molecule has 1 saturated carbocycles. The summed E-state index contributed by atoms with van der Waals surface area (Å²) in [5.41, 5.74) is 0. The molecule has 0 aliphatic heterocycles. The zero-order valence-electron chi connectivity index (χ0n) is 13.1. The maximum atomic E-state index is 11.2. The monoisotopic (exact) mass is 303 g/mol. The first-order chi connectivity index (χ1) is 9.35. The molecule has 6 heteroatoms. The number of sulfone groups is 1. The summed E-state index contributed by atoms with van der Waals surface area (Å²) in [6.07, 6.45) is 5.59. The van der Waals surface area contributed by atoms with Gasteiger partial charge in [-0.3, -0.25) is 4.99 Å². The van der Waals surface area contributed by atoms with Crippen molar-refractivity contribution in [2.75, 3.05) is 18.6 Å². The topological polar surface area (TPSA) is 70.6 Å². The van der Waals surface area contributed by atoms with E-state index in [1.807, 2.05) is 13.8 Å². The Morgan fingerprint density at radius 1 is 1.40 bits per heavy atom. The van der Waals surface area contributed by atoms with Crippen molar-refractivity contribution in [2.24, 2.45) is 10.9 Å². The molecule has 3 unspecified atom stereocenters. The van der Waals surface area contributed by atoms with Crippen molar-refractivity contribution < 1.29 is 8.42 Å². The fourth-order valence-corrected chi connectivity index (χ4v) is 3.06. The third-order valence-corrected chi connectivity index (χ3v) is 4.50. The van der Waals surface area contributed by atoms with Crippen LogP contribution in [0, 0.1) is 5.92 Å². The number of hydrogen-bond donors (Lipinski definition) is 2. The van der Waals surface area contributed by atoms with E-state index < -0.39 is 9.84 Å². The lowest BCUT2D eigenvalue weighted by atomic mass is 10.2. The predicted octanol–water partition coefficient (Wildman–Crippen LogP) is 1.55. The number of hydrogen-bond acceptors (Lipinski definition) is 3. The van der Waals surface area contributed by atoms with E-state index in [-0.39, 0.29) is 11.8 Å². The number of nitrogens with one attached hydrogen (secondary N) is 2. The van der Waals surface area contributed by atoms with Crippen LogP contribution in [0.2, 0.25) is 0 Å². The standard InChI is InChI=1S/C14H29N3O2S/c1-5-7-12-10-13(12)17-14(15-6-2)16-11(3)8-9-20(4,18)19/h11-13H,5-10H2,1-4H3,(H2,15,16,17). The van der Waals surface area contributed by atoms with Gasteiger partial charge in [0.1, 0.15) is 9.84 Å². The molecular weight excluding hydrogens is 274 g/mol. The van der Waals surface area contributed by atoms with Gasteiger partial charge in [-0.05, 0) is 39.0 Å². The molecule has 0 aromatic heterocycles. The fraction of sp³-hybridized carbons (Fsp3) is 0.929. The Kier molecular flexibility index (Phi) is 6.79. The van der Waals surface area contributed by atoms with Crippen LogP contribution in [0.15, 0.2) is 4.99 Å². The average molecular weight is 303 g/mol. The normalized spacial score (nSPS) is 24.3. The summed E-state index contributed by atoms with van der Waals surface area (Å²) in [5.74, 6) is 1.80. The molecule has 1 aliphatic carbocycles. The van der Waals surface area contributed by atoms with E-state index in [0.717, 1.165) is 18.4 Å². The highest BCUT2D eigenvalue weighted by atomic mass is 32.2. The highest BCUT2D eigenvalue weighted by molar-refractivity contribution is 7.90. The predicted molar refractivity (Wildman–Crippen MR) is 84.8 cm³/mol. The summed E-state index contributed by atoms with van der Waals surface area (Å²) < 4.78 is 22.4. The van der Waals surface area contributed by atoms with E-state index in [4.69, 9.17) is 0 Å². The van der Waals surface area contributed by atoms with Crippen LogP contribution in [-0.4, -0.2) is 45.0 Å². The van der Waals surface area contributed by atoms with Crippen LogP contribution in [-0.2, 0) is 9.84 Å². The Morgan fingerprint density at radius 3 is 2.65 bits per heavy atom. The molecular formula is C14H29N3O2S. The van der Waals surface area contributed by atoms with E-state index in [1.165, 1.54) is 25.5 Å². The molecule has 1 rings (SSSR count). The summed E-state index contributed by atoms with van der Waals surface area (Å²) >= 11 is 0. The van der Waals surface area contributed by atoms with Gasteiger partial charge in [0.25, 0.3) is 0 Å². The minimum absolute atomic E-state index is 0.103. The lowest BCUT2D eigenvalue weighted by molar-refractivity contribution is 0.578. The Labute approximate surface area is 123 Å². The van der Waals surface area contributed by atoms with Gasteiger partial charge in [-0.15, -0.1) is 0 Å². The van der Waals surface area contributed by atoms with Crippen molar-refractivity contribution in [1.29, 1.82) is 0 Å². The van der Waals surface area contributed by atoms with Crippen LogP contribution >= 0.6 is 0 Å². The van der Waals surface area contributed by atoms with Crippen molar-refractivity contribution in [2.45, 2.75) is 58.5 Å². The van der Waals surface area contributed by atoms with Crippen molar-refractivity contribution in [3.63, 3.8) is 0 Å². The van der Waals surface area contributed by atoms with Crippen LogP contribution < -0.4 is 10.6 Å². The van der Waals surface area contributed by atoms with E-state index in [0.29, 0.717) is 12.5 Å². The molecule has 0 heterocycles. The molecule has 118 valence electrons. The lowest BCUT2D eigenvalue weighted by Gasteiger charge is -2.18. The first kappa shape index (κ1) is 17.3. The summed E-state index contributed by atoms with van der Waals surface area (Å²) in [6, 6.07) is 0.640. The summed E-state index contributed by atoms with van der Waals surface area (Å²) in [7, 11) is -2.89. The third kappa shape index (κ3) is 7.12. The lowest BCUT2D eigenvalue weighted by Crippen LogP contribution is -2.44. The van der Waals surface area contributed by atoms with E-state index in [9.17, 15) is 8.42 Å². The summed E-state index contributed by atoms with van der Waals surface area (Å²) in [4.78, 5) is 4.43. The molecule has 0 aromatic rings. The van der Waals surface area contributed by atoms with Crippen LogP contribution in [0.1, 0.15) is 46.5 Å². The van der Waals surface area contributed by atoms with Gasteiger partial charge in [0.15, 0.2) is 5.96 Å². The van der Waals surface area contributed by atoms with E-state index >= 15 is 0 Å². The maximum Gasteiger partial charge on any atom is 0.191 e. The third-order valence-electron chi connectivity index (χ3n) is 3.53. The summed E-state index contributed by atoms with van der Waals surface area (Å²) in [6.45, 7) is 6.93. The van der Waals surface area contributed by atoms with Gasteiger partial charge in [-0.2, -0.15) is 0 Å². The zero-order chi connectivity index (χ0) is 15.2. The second-order valence-electron chi connectivity index (χ2n) is 5.82. The molecule has 3 atom stereocenters. The SMILES string of the molecule is CCCC1CC1NC(=NCC)NC(C)CCS(C)(=O)=O. The van der Waals surface area contributed by atoms with Crippen LogP contribution in [0.4, 0.5) is 0 Å². The number of aliphatic imine (C=N–C) groups is 1. The van der Waals surface area contributed by atoms with Gasteiger partial charge in [0.05, 0.1) is 5.75 Å². The second-order valence-corrected chi connectivity index (χ2v) is 8.08. The van der Waals surface area contributed by atoms with Crippen LogP contribution in [0.25, 0.3) is 0 Å². The second kappa shape index (κ2) is 7.86. The Hall–Kier alpha value is -0.780. The highest BCUT2D eigenvalue weighted by Gasteiger charge is 2.36. The maximum absolute atomic E-state index is 11.2. The molecule has 0 spiro atoms. The van der Waals surface area contributed by atoms with E-state index in [2.05, 4.69) is 22.5 Å². The molecule has 1 fully saturated rings. The van der Waals surface area contributed by atoms with Gasteiger partial charge in [-0.1, -0.05) is 13.3 Å². The molecule has 0 saturated heterocycles. The van der Waals surface area contributed by atoms with Gasteiger partial charge in [0.2, 0.25) is 0 Å². The molecule has 5 nitrogen and oxygen atoms in total. The quantitative estimate of drug-likeness (QED) is 0.527. The fourth-order valence-electron chi connectivity index (χ4n) is 2.28. The minimum atomic E-state index is -2.89. The molecule has 0 aromatic carbocycles. The van der Waals surface area contributed by atoms with Gasteiger partial charge in [-0.25, -0.2) is 8.42 Å². The molecule has 1 aliphatic rings. The smallest absolute Gasteiger partial charge is 0.191 e. The molecule has 0 radical (unpaired) electrons. The zero-order valence-corrected chi connectivity index (χ0v) is 14.0. The number of guanidine groups is 1. The van der Waals surface area contributed by atoms with Gasteiger partial charge < -0.3 is 10.6 Å². The van der Waals surface area contributed by atoms with Crippen molar-refractivity contribution in [3.05, 3.63) is 0 Å². The molecule has 0 amide bonds. The molecule has 0 bridgehead atoms. The molecule has 2 N–H and O–H groups in total. The van der Waals surface area contributed by atoms with Crippen molar-refractivity contribution in [3.8, 4) is 0 Å². The Morgan fingerprint density at radius 2 is 2.10 bits per heavy atom. The van der Waals surface area contributed by atoms with Crippen LogP contribution in [0.3, 0.4) is 0 Å². The first-order valence-electron chi connectivity index (χ1n) is 7.61. The van der Waals surface area contributed by atoms with Crippen LogP contribution in [0.5, 0.6) is 0 Å². The average Bonchev–Trinajstić information content (AvgIpc) is 3.04. The number of nitrogens with zero attached hydrogens (tertiary/aromatic N) is 1. The first-order valence-corrected chi connectivity index (χ1v) is 9.67. The number of rotatable bonds is 8. The Balaban J connectivity index is 2.38. The van der Waals surface area contributed by atoms with Crippen molar-refractivity contribution >= 4 is 15.8 Å². The largest absolute Gasteiger partial charge is 0.354 e. The molecule has 20 heavy (non-hydrogen) atoms. The van der Waals surface area contributed by atoms with Crippen molar-refractivity contribution in [1.82, 2.24) is 10.6 Å². The Bertz CT molecular complexity index is 420. The van der Waals surface area contributed by atoms with E-state index in [1.54, 1.807) is 0 Å². The van der Waals surface area contributed by atoms with Gasteiger partial charge in [0, 0.05) is 24.9 Å².